The molecule has 0 bridgehead atoms. The van der Waals surface area contributed by atoms with Gasteiger partial charge < -0.3 is 14.2 Å². The Bertz CT molecular complexity index is 1730. The molecule has 0 N–H and O–H groups in total. The first-order chi connectivity index (χ1) is 21.0. The maximum atomic E-state index is 13.2. The zero-order valence-electron chi connectivity index (χ0n) is 23.5. The summed E-state index contributed by atoms with van der Waals surface area (Å²) >= 11 is 1.46. The van der Waals surface area contributed by atoms with Crippen molar-refractivity contribution in [2.24, 2.45) is 0 Å². The van der Waals surface area contributed by atoms with Crippen molar-refractivity contribution in [2.45, 2.75) is 24.3 Å². The molecular weight excluding hydrogens is 566 g/mol. The van der Waals surface area contributed by atoms with Gasteiger partial charge >= 0.3 is 0 Å². The lowest BCUT2D eigenvalue weighted by Gasteiger charge is -2.35. The van der Waals surface area contributed by atoms with E-state index in [0.717, 1.165) is 28.3 Å². The second-order valence-corrected chi connectivity index (χ2v) is 11.1. The van der Waals surface area contributed by atoms with Crippen LogP contribution in [0.25, 0.3) is 5.69 Å². The average Bonchev–Trinajstić information content (AvgIpc) is 3.68. The van der Waals surface area contributed by atoms with E-state index in [1.165, 1.54) is 30.2 Å². The maximum absolute atomic E-state index is 13.2. The summed E-state index contributed by atoms with van der Waals surface area (Å²) in [6.07, 6.45) is 2.05. The number of rotatable bonds is 9. The van der Waals surface area contributed by atoms with Crippen LogP contribution in [-0.4, -0.2) is 61.7 Å². The fourth-order valence-corrected chi connectivity index (χ4v) is 5.88. The molecule has 218 valence electrons. The largest absolute Gasteiger partial charge is 0.447 e. The van der Waals surface area contributed by atoms with E-state index in [4.69, 9.17) is 4.42 Å². The monoisotopic (exact) mass is 595 g/mol. The molecule has 3 aromatic carbocycles. The number of anilines is 1. The first-order valence-corrected chi connectivity index (χ1v) is 14.8. The summed E-state index contributed by atoms with van der Waals surface area (Å²) in [7, 11) is 0. The molecule has 0 radical (unpaired) electrons. The van der Waals surface area contributed by atoms with Gasteiger partial charge in [0.1, 0.15) is 12.1 Å². The summed E-state index contributed by atoms with van der Waals surface area (Å²) in [5.41, 5.74) is 4.48. The van der Waals surface area contributed by atoms with E-state index in [-0.39, 0.29) is 17.3 Å². The second-order valence-electron chi connectivity index (χ2n) is 10.2. The zero-order chi connectivity index (χ0) is 29.8. The van der Waals surface area contributed by atoms with Crippen molar-refractivity contribution in [3.8, 4) is 5.69 Å². The quantitative estimate of drug-likeness (QED) is 0.127. The first-order valence-electron chi connectivity index (χ1n) is 13.9. The topological polar surface area (TPSA) is 123 Å². The van der Waals surface area contributed by atoms with Gasteiger partial charge in [-0.1, -0.05) is 60.3 Å². The Hall–Kier alpha value is -4.97. The minimum absolute atomic E-state index is 0.0561. The van der Waals surface area contributed by atoms with Crippen LogP contribution in [0.1, 0.15) is 33.3 Å². The Morgan fingerprint density at radius 1 is 0.953 bits per heavy atom. The van der Waals surface area contributed by atoms with Gasteiger partial charge in [0.2, 0.25) is 5.89 Å². The number of para-hydroxylation sites is 1. The third kappa shape index (κ3) is 6.28. The number of thioether (sulfide) groups is 1. The molecule has 12 heteroatoms. The van der Waals surface area contributed by atoms with Crippen LogP contribution in [0.2, 0.25) is 0 Å². The Morgan fingerprint density at radius 3 is 2.40 bits per heavy atom. The molecule has 43 heavy (non-hydrogen) atoms. The molecule has 5 aromatic rings. The first kappa shape index (κ1) is 28.2. The van der Waals surface area contributed by atoms with Crippen LogP contribution in [-0.2, 0) is 12.2 Å². The Labute approximate surface area is 252 Å². The standard InChI is InChI=1S/C31H29N7O4S/c1-22-7-5-6-10-27(22)37-28(19-23-8-3-2-4-9-23)33-34-31(37)43-21-29-32-26(20-42-29)30(39)36-17-15-35(16-18-36)24-11-13-25(14-12-24)38(40)41/h2-14,20H,15-19,21H2,1H3. The molecule has 1 fully saturated rings. The van der Waals surface area contributed by atoms with E-state index in [0.29, 0.717) is 49.4 Å². The second kappa shape index (κ2) is 12.5. The number of nitro benzene ring substituents is 1. The molecule has 0 saturated carbocycles. The number of nitrogens with zero attached hydrogens (tertiary/aromatic N) is 7. The van der Waals surface area contributed by atoms with Gasteiger partial charge in [-0.2, -0.15) is 0 Å². The minimum atomic E-state index is -0.413. The summed E-state index contributed by atoms with van der Waals surface area (Å²) in [6, 6.07) is 24.8. The van der Waals surface area contributed by atoms with Gasteiger partial charge in [-0.05, 0) is 36.2 Å². The number of piperazine rings is 1. The summed E-state index contributed by atoms with van der Waals surface area (Å²) in [5, 5.41) is 20.7. The number of aromatic nitrogens is 4. The van der Waals surface area contributed by atoms with Gasteiger partial charge in [0, 0.05) is 50.4 Å². The number of oxazole rings is 1. The van der Waals surface area contributed by atoms with Crippen molar-refractivity contribution in [3.05, 3.63) is 124 Å². The van der Waals surface area contributed by atoms with Crippen LogP contribution in [0, 0.1) is 17.0 Å². The fraction of sp³-hybridized carbons (Fsp3) is 0.226. The number of carbonyl (C=O) groups is 1. The third-order valence-electron chi connectivity index (χ3n) is 7.35. The smallest absolute Gasteiger partial charge is 0.275 e. The van der Waals surface area contributed by atoms with Crippen LogP contribution in [0.3, 0.4) is 0 Å². The Morgan fingerprint density at radius 2 is 1.67 bits per heavy atom. The van der Waals surface area contributed by atoms with Gasteiger partial charge in [0.05, 0.1) is 16.4 Å². The number of nitro groups is 1. The molecule has 1 amide bonds. The van der Waals surface area contributed by atoms with E-state index in [2.05, 4.69) is 55.8 Å². The summed E-state index contributed by atoms with van der Waals surface area (Å²) in [4.78, 5) is 32.0. The molecule has 0 spiro atoms. The van der Waals surface area contributed by atoms with Crippen LogP contribution in [0.4, 0.5) is 11.4 Å². The van der Waals surface area contributed by atoms with Gasteiger partial charge in [0.15, 0.2) is 10.9 Å². The highest BCUT2D eigenvalue weighted by molar-refractivity contribution is 7.98. The van der Waals surface area contributed by atoms with E-state index < -0.39 is 4.92 Å². The van der Waals surface area contributed by atoms with Gasteiger partial charge in [0.25, 0.3) is 11.6 Å². The van der Waals surface area contributed by atoms with Crippen LogP contribution < -0.4 is 4.90 Å². The van der Waals surface area contributed by atoms with E-state index in [1.807, 2.05) is 30.3 Å². The van der Waals surface area contributed by atoms with Crippen molar-refractivity contribution in [2.75, 3.05) is 31.1 Å². The van der Waals surface area contributed by atoms with Crippen molar-refractivity contribution in [3.63, 3.8) is 0 Å². The lowest BCUT2D eigenvalue weighted by molar-refractivity contribution is -0.384. The fourth-order valence-electron chi connectivity index (χ4n) is 5.06. The zero-order valence-corrected chi connectivity index (χ0v) is 24.3. The van der Waals surface area contributed by atoms with Crippen molar-refractivity contribution in [1.82, 2.24) is 24.6 Å². The number of hydrogen-bond acceptors (Lipinski definition) is 9. The Balaban J connectivity index is 1.11. The van der Waals surface area contributed by atoms with Crippen LogP contribution in [0.15, 0.2) is 94.7 Å². The molecule has 11 nitrogen and oxygen atoms in total. The molecule has 0 unspecified atom stereocenters. The number of amides is 1. The third-order valence-corrected chi connectivity index (χ3v) is 8.26. The molecular formula is C31H29N7O4S. The lowest BCUT2D eigenvalue weighted by atomic mass is 10.1. The normalized spacial score (nSPS) is 13.3. The highest BCUT2D eigenvalue weighted by Gasteiger charge is 2.25. The number of hydrogen-bond donors (Lipinski definition) is 0. The molecule has 0 atom stereocenters. The summed E-state index contributed by atoms with van der Waals surface area (Å²) in [6.45, 7) is 4.31. The Kier molecular flexibility index (Phi) is 8.18. The predicted octanol–water partition coefficient (Wildman–Crippen LogP) is 5.32. The van der Waals surface area contributed by atoms with E-state index >= 15 is 0 Å². The number of carbonyl (C=O) groups excluding carboxylic acids is 1. The van der Waals surface area contributed by atoms with Crippen LogP contribution in [0.5, 0.6) is 0 Å². The predicted molar refractivity (Wildman–Crippen MR) is 163 cm³/mol. The molecule has 2 aromatic heterocycles. The average molecular weight is 596 g/mol. The molecule has 6 rings (SSSR count). The van der Waals surface area contributed by atoms with E-state index in [9.17, 15) is 14.9 Å². The lowest BCUT2D eigenvalue weighted by Crippen LogP contribution is -2.48. The summed E-state index contributed by atoms with van der Waals surface area (Å²) < 4.78 is 7.76. The van der Waals surface area contributed by atoms with Crippen molar-refractivity contribution < 1.29 is 14.1 Å². The molecule has 1 aliphatic heterocycles. The minimum Gasteiger partial charge on any atom is -0.447 e. The van der Waals surface area contributed by atoms with Gasteiger partial charge in [-0.3, -0.25) is 19.5 Å². The number of aryl methyl sites for hydroxylation is 1. The SMILES string of the molecule is Cc1ccccc1-n1c(Cc2ccccc2)nnc1SCc1nc(C(=O)N2CCN(c3ccc([N+](=O)[O-])cc3)CC2)co1. The summed E-state index contributed by atoms with van der Waals surface area (Å²) in [5.74, 6) is 1.47. The highest BCUT2D eigenvalue weighted by Crippen LogP contribution is 2.28. The maximum Gasteiger partial charge on any atom is 0.275 e. The number of benzene rings is 3. The molecule has 3 heterocycles. The van der Waals surface area contributed by atoms with Crippen LogP contribution >= 0.6 is 11.8 Å². The van der Waals surface area contributed by atoms with Gasteiger partial charge in [-0.25, -0.2) is 4.98 Å². The molecule has 0 aliphatic carbocycles. The highest BCUT2D eigenvalue weighted by atomic mass is 32.2. The van der Waals surface area contributed by atoms with Gasteiger partial charge in [-0.15, -0.1) is 10.2 Å². The molecule has 1 aliphatic rings. The van der Waals surface area contributed by atoms with Crippen molar-refractivity contribution >= 4 is 29.0 Å². The van der Waals surface area contributed by atoms with E-state index in [1.54, 1.807) is 17.0 Å². The number of non-ortho nitro benzene ring substituents is 1. The van der Waals surface area contributed by atoms with Crippen molar-refractivity contribution in [1.29, 1.82) is 0 Å². The molecule has 1 saturated heterocycles.